The van der Waals surface area contributed by atoms with Crippen molar-refractivity contribution in [2.45, 2.75) is 50.1 Å². The summed E-state index contributed by atoms with van der Waals surface area (Å²) in [7, 11) is -3.29. The lowest BCUT2D eigenvalue weighted by Gasteiger charge is -2.25. The maximum atomic E-state index is 13.8. The number of halogens is 2. The minimum Gasteiger partial charge on any atom is -0.444 e. The molecule has 0 spiro atoms. The summed E-state index contributed by atoms with van der Waals surface area (Å²) >= 11 is 7.17. The van der Waals surface area contributed by atoms with E-state index < -0.39 is 45.3 Å². The van der Waals surface area contributed by atoms with Crippen LogP contribution in [0.15, 0.2) is 53.5 Å². The van der Waals surface area contributed by atoms with Crippen molar-refractivity contribution in [2.75, 3.05) is 16.4 Å². The van der Waals surface area contributed by atoms with E-state index in [2.05, 4.69) is 10.3 Å². The van der Waals surface area contributed by atoms with Gasteiger partial charge in [-0.25, -0.2) is 17.6 Å². The van der Waals surface area contributed by atoms with Crippen molar-refractivity contribution >= 4 is 56.1 Å². The summed E-state index contributed by atoms with van der Waals surface area (Å²) in [5, 5.41) is 2.40. The molecule has 198 valence electrons. The van der Waals surface area contributed by atoms with Gasteiger partial charge in [-0.1, -0.05) is 53.7 Å². The van der Waals surface area contributed by atoms with Gasteiger partial charge in [0.25, 0.3) is 5.91 Å². The number of amides is 2. The number of rotatable bonds is 5. The predicted octanol–water partition coefficient (Wildman–Crippen LogP) is 4.22. The van der Waals surface area contributed by atoms with Crippen LogP contribution in [0.25, 0.3) is 0 Å². The van der Waals surface area contributed by atoms with Crippen LogP contribution in [0, 0.1) is 5.82 Å². The highest BCUT2D eigenvalue weighted by atomic mass is 35.5. The van der Waals surface area contributed by atoms with Crippen molar-refractivity contribution in [3.05, 3.63) is 64.9 Å². The fourth-order valence-corrected chi connectivity index (χ4v) is 8.27. The Labute approximate surface area is 224 Å². The third-order valence-corrected chi connectivity index (χ3v) is 9.22. The fraction of sp³-hybridized carbons (Fsp3) is 0.400. The van der Waals surface area contributed by atoms with Crippen LogP contribution >= 0.6 is 23.4 Å². The van der Waals surface area contributed by atoms with E-state index in [1.54, 1.807) is 25.7 Å². The summed E-state index contributed by atoms with van der Waals surface area (Å²) < 4.78 is 43.8. The minimum atomic E-state index is -3.29. The topological polar surface area (TPSA) is 105 Å². The van der Waals surface area contributed by atoms with E-state index in [0.29, 0.717) is 5.69 Å². The average molecular weight is 568 g/mol. The van der Waals surface area contributed by atoms with Gasteiger partial charge in [-0.2, -0.15) is 4.99 Å². The number of sulfone groups is 1. The Balaban J connectivity index is 1.66. The standard InChI is InChI=1S/C25H27ClFN3O5S2/c1-25(2,3)35-24(32)28-19(11-15-7-5-4-6-8-15)22(31)29-23-30(16-9-10-18(27)17(26)12-16)20-13-37(33,34)14-21(20)36-23/h4-10,12,19-21H,11,13-14H2,1-3H3,(H,28,32)/t19-,20+,21+/m1/s1. The Morgan fingerprint density at radius 2 is 1.92 bits per heavy atom. The highest BCUT2D eigenvalue weighted by molar-refractivity contribution is 8.16. The third-order valence-electron chi connectivity index (χ3n) is 5.73. The number of amidine groups is 1. The predicted molar refractivity (Wildman–Crippen MR) is 143 cm³/mol. The number of benzene rings is 2. The van der Waals surface area contributed by atoms with Gasteiger partial charge in [0, 0.05) is 17.4 Å². The van der Waals surface area contributed by atoms with Crippen LogP contribution in [0.2, 0.25) is 5.02 Å². The maximum absolute atomic E-state index is 13.8. The molecule has 0 aromatic heterocycles. The Bertz CT molecular complexity index is 1330. The number of carbonyl (C=O) groups excluding carboxylic acids is 2. The van der Waals surface area contributed by atoms with Gasteiger partial charge in [0.05, 0.1) is 22.6 Å². The molecule has 4 rings (SSSR count). The van der Waals surface area contributed by atoms with E-state index in [1.807, 2.05) is 30.3 Å². The molecule has 2 amide bonds. The molecule has 12 heteroatoms. The molecule has 8 nitrogen and oxygen atoms in total. The molecule has 0 radical (unpaired) electrons. The maximum Gasteiger partial charge on any atom is 0.408 e. The van der Waals surface area contributed by atoms with Crippen LogP contribution in [0.4, 0.5) is 14.9 Å². The number of nitrogens with zero attached hydrogens (tertiary/aromatic N) is 2. The quantitative estimate of drug-likeness (QED) is 0.577. The van der Waals surface area contributed by atoms with Gasteiger partial charge in [0.1, 0.15) is 17.5 Å². The first kappa shape index (κ1) is 27.4. The summed E-state index contributed by atoms with van der Waals surface area (Å²) in [5.41, 5.74) is 0.468. The molecule has 3 atom stereocenters. The SMILES string of the molecule is CC(C)(C)OC(=O)N[C@H](Cc1ccccc1)C(=O)N=C1S[C@H]2CS(=O)(=O)C[C@@H]2N1c1ccc(F)c(Cl)c1. The number of fused-ring (bicyclic) bond motifs is 1. The lowest BCUT2D eigenvalue weighted by molar-refractivity contribution is -0.119. The molecule has 2 saturated heterocycles. The average Bonchev–Trinajstić information content (AvgIpc) is 3.25. The van der Waals surface area contributed by atoms with Crippen molar-refractivity contribution in [1.29, 1.82) is 0 Å². The third kappa shape index (κ3) is 6.82. The molecule has 37 heavy (non-hydrogen) atoms. The summed E-state index contributed by atoms with van der Waals surface area (Å²) in [6, 6.07) is 11.7. The smallest absolute Gasteiger partial charge is 0.408 e. The van der Waals surface area contributed by atoms with Crippen molar-refractivity contribution < 1.29 is 27.1 Å². The highest BCUT2D eigenvalue weighted by Gasteiger charge is 2.49. The Kier molecular flexibility index (Phi) is 7.87. The molecule has 0 saturated carbocycles. The Morgan fingerprint density at radius 1 is 1.22 bits per heavy atom. The summed E-state index contributed by atoms with van der Waals surface area (Å²) in [6.07, 6.45) is -0.588. The second kappa shape index (κ2) is 10.6. The van der Waals surface area contributed by atoms with E-state index in [1.165, 1.54) is 30.0 Å². The van der Waals surface area contributed by atoms with Gasteiger partial charge < -0.3 is 15.0 Å². The molecule has 2 heterocycles. The van der Waals surface area contributed by atoms with Gasteiger partial charge in [-0.3, -0.25) is 4.79 Å². The number of alkyl carbamates (subject to hydrolysis) is 1. The summed E-state index contributed by atoms with van der Waals surface area (Å²) in [6.45, 7) is 5.15. The number of aliphatic imine (C=N–C) groups is 1. The zero-order valence-corrected chi connectivity index (χ0v) is 22.9. The molecule has 2 aromatic carbocycles. The Hall–Kier alpha value is -2.63. The highest BCUT2D eigenvalue weighted by Crippen LogP contribution is 2.41. The molecular weight excluding hydrogens is 541 g/mol. The number of thioether (sulfide) groups is 1. The van der Waals surface area contributed by atoms with Crippen LogP contribution in [0.5, 0.6) is 0 Å². The lowest BCUT2D eigenvalue weighted by atomic mass is 10.1. The summed E-state index contributed by atoms with van der Waals surface area (Å²) in [5.74, 6) is -1.44. The van der Waals surface area contributed by atoms with Crippen LogP contribution < -0.4 is 10.2 Å². The van der Waals surface area contributed by atoms with Gasteiger partial charge in [0.2, 0.25) is 0 Å². The molecule has 1 N–H and O–H groups in total. The number of anilines is 1. The fourth-order valence-electron chi connectivity index (χ4n) is 4.17. The van der Waals surface area contributed by atoms with Crippen molar-refractivity contribution in [2.24, 2.45) is 4.99 Å². The molecule has 2 aliphatic rings. The van der Waals surface area contributed by atoms with Gasteiger partial charge in [-0.15, -0.1) is 0 Å². The summed E-state index contributed by atoms with van der Waals surface area (Å²) in [4.78, 5) is 31.9. The van der Waals surface area contributed by atoms with Crippen molar-refractivity contribution in [1.82, 2.24) is 5.32 Å². The normalized spacial score (nSPS) is 22.5. The van der Waals surface area contributed by atoms with E-state index in [-0.39, 0.29) is 33.4 Å². The first-order chi connectivity index (χ1) is 17.3. The first-order valence-corrected chi connectivity index (χ1v) is 14.7. The number of nitrogens with one attached hydrogen (secondary N) is 1. The van der Waals surface area contributed by atoms with E-state index in [0.717, 1.165) is 5.56 Å². The number of hydrogen-bond donors (Lipinski definition) is 1. The van der Waals surface area contributed by atoms with Crippen LogP contribution in [-0.4, -0.2) is 60.0 Å². The lowest BCUT2D eigenvalue weighted by Crippen LogP contribution is -2.45. The Morgan fingerprint density at radius 3 is 2.57 bits per heavy atom. The number of carbonyl (C=O) groups is 2. The molecule has 0 bridgehead atoms. The molecule has 2 aromatic rings. The van der Waals surface area contributed by atoms with E-state index in [9.17, 15) is 22.4 Å². The zero-order chi connectivity index (χ0) is 27.0. The molecular formula is C25H27ClFN3O5S2. The van der Waals surface area contributed by atoms with Crippen LogP contribution in [0.3, 0.4) is 0 Å². The molecule has 2 aliphatic heterocycles. The van der Waals surface area contributed by atoms with Crippen molar-refractivity contribution in [3.8, 4) is 0 Å². The van der Waals surface area contributed by atoms with Gasteiger partial charge in [0.15, 0.2) is 15.0 Å². The van der Waals surface area contributed by atoms with Gasteiger partial charge in [-0.05, 0) is 44.5 Å². The largest absolute Gasteiger partial charge is 0.444 e. The second-order valence-electron chi connectivity index (χ2n) is 9.89. The van der Waals surface area contributed by atoms with Crippen molar-refractivity contribution in [3.63, 3.8) is 0 Å². The molecule has 2 fully saturated rings. The van der Waals surface area contributed by atoms with Crippen LogP contribution in [-0.2, 0) is 25.8 Å². The van der Waals surface area contributed by atoms with Gasteiger partial charge >= 0.3 is 6.09 Å². The monoisotopic (exact) mass is 567 g/mol. The van der Waals surface area contributed by atoms with E-state index in [4.69, 9.17) is 16.3 Å². The number of ether oxygens (including phenoxy) is 1. The first-order valence-electron chi connectivity index (χ1n) is 11.6. The number of hydrogen-bond acceptors (Lipinski definition) is 6. The zero-order valence-electron chi connectivity index (χ0n) is 20.5. The molecule has 0 unspecified atom stereocenters. The molecule has 0 aliphatic carbocycles. The minimum absolute atomic E-state index is 0.0649. The second-order valence-corrected chi connectivity index (χ2v) is 13.7. The van der Waals surface area contributed by atoms with Crippen LogP contribution in [0.1, 0.15) is 26.3 Å². The van der Waals surface area contributed by atoms with E-state index >= 15 is 0 Å².